The zero-order chi connectivity index (χ0) is 13.2. The minimum atomic E-state index is 0.605. The molecule has 0 radical (unpaired) electrons. The third-order valence-corrected chi connectivity index (χ3v) is 3.73. The number of hydrogen-bond acceptors (Lipinski definition) is 4. The minimum Gasteiger partial charge on any atom is -0.227 e. The Bertz CT molecular complexity index is 687. The smallest absolute Gasteiger partial charge is 0.209 e. The van der Waals surface area contributed by atoms with E-state index in [9.17, 15) is 0 Å². The molecule has 2 heterocycles. The van der Waals surface area contributed by atoms with E-state index in [-0.39, 0.29) is 0 Å². The molecule has 96 valence electrons. The van der Waals surface area contributed by atoms with Gasteiger partial charge in [-0.1, -0.05) is 18.2 Å². The molecular formula is C12H11IN6. The number of tetrazole rings is 1. The molecule has 0 aliphatic carbocycles. The molecule has 6 nitrogen and oxygen atoms in total. The van der Waals surface area contributed by atoms with Crippen LogP contribution in [0.3, 0.4) is 0 Å². The first-order chi connectivity index (χ1) is 9.29. The van der Waals surface area contributed by atoms with Crippen LogP contribution < -0.4 is 0 Å². The Labute approximate surface area is 123 Å². The summed E-state index contributed by atoms with van der Waals surface area (Å²) < 4.78 is 2.84. The molecule has 0 saturated carbocycles. The van der Waals surface area contributed by atoms with Gasteiger partial charge in [-0.15, -0.1) is 10.2 Å². The van der Waals surface area contributed by atoms with Crippen molar-refractivity contribution in [3.8, 4) is 17.1 Å². The van der Waals surface area contributed by atoms with Gasteiger partial charge in [0.2, 0.25) is 5.82 Å². The van der Waals surface area contributed by atoms with Gasteiger partial charge in [0.1, 0.15) is 3.70 Å². The largest absolute Gasteiger partial charge is 0.227 e. The van der Waals surface area contributed by atoms with Crippen LogP contribution in [-0.2, 0) is 6.54 Å². The summed E-state index contributed by atoms with van der Waals surface area (Å²) in [6, 6.07) is 9.97. The second-order valence-corrected chi connectivity index (χ2v) is 4.92. The number of benzene rings is 1. The van der Waals surface area contributed by atoms with E-state index in [2.05, 4.69) is 43.1 Å². The van der Waals surface area contributed by atoms with Crippen LogP contribution in [0.25, 0.3) is 17.1 Å². The standard InChI is InChI=1S/C12H11IN6/c1-2-18-16-12(15-17-18)10-8-14-19(11(10)13)9-6-4-3-5-7-9/h3-8H,2H2,1H3. The highest BCUT2D eigenvalue weighted by molar-refractivity contribution is 14.1. The molecule has 1 aromatic carbocycles. The summed E-state index contributed by atoms with van der Waals surface area (Å²) >= 11 is 2.25. The highest BCUT2D eigenvalue weighted by Gasteiger charge is 2.15. The first kappa shape index (κ1) is 12.3. The lowest BCUT2D eigenvalue weighted by atomic mass is 10.3. The SMILES string of the molecule is CCn1nnc(-c2cnn(-c3ccccc3)c2I)n1. The van der Waals surface area contributed by atoms with Crippen molar-refractivity contribution in [2.45, 2.75) is 13.5 Å². The predicted molar refractivity (Wildman–Crippen MR) is 78.8 cm³/mol. The van der Waals surface area contributed by atoms with Gasteiger partial charge in [-0.3, -0.25) is 0 Å². The van der Waals surface area contributed by atoms with Gasteiger partial charge in [-0.2, -0.15) is 9.90 Å². The van der Waals surface area contributed by atoms with Crippen LogP contribution in [-0.4, -0.2) is 30.0 Å². The van der Waals surface area contributed by atoms with Crippen molar-refractivity contribution in [3.05, 3.63) is 40.2 Å². The molecule has 19 heavy (non-hydrogen) atoms. The van der Waals surface area contributed by atoms with Crippen molar-refractivity contribution >= 4 is 22.6 Å². The van der Waals surface area contributed by atoms with Crippen LogP contribution in [0.1, 0.15) is 6.92 Å². The number of aryl methyl sites for hydroxylation is 1. The summed E-state index contributed by atoms with van der Waals surface area (Å²) in [5.41, 5.74) is 1.91. The van der Waals surface area contributed by atoms with E-state index in [1.807, 2.05) is 41.9 Å². The molecule has 0 aliphatic rings. The van der Waals surface area contributed by atoms with Gasteiger partial charge in [0.25, 0.3) is 0 Å². The topological polar surface area (TPSA) is 61.4 Å². The van der Waals surface area contributed by atoms with E-state index >= 15 is 0 Å². The van der Waals surface area contributed by atoms with E-state index in [1.165, 1.54) is 0 Å². The summed E-state index contributed by atoms with van der Waals surface area (Å²) in [6.45, 7) is 2.68. The molecule has 0 bridgehead atoms. The average Bonchev–Trinajstić information content (AvgIpc) is 3.06. The van der Waals surface area contributed by atoms with Crippen LogP contribution in [0.15, 0.2) is 36.5 Å². The molecule has 2 aromatic heterocycles. The van der Waals surface area contributed by atoms with Crippen molar-refractivity contribution in [3.63, 3.8) is 0 Å². The van der Waals surface area contributed by atoms with Crippen LogP contribution in [0.4, 0.5) is 0 Å². The monoisotopic (exact) mass is 366 g/mol. The number of nitrogens with zero attached hydrogens (tertiary/aromatic N) is 6. The maximum absolute atomic E-state index is 4.39. The number of rotatable bonds is 3. The van der Waals surface area contributed by atoms with Crippen LogP contribution in [0.2, 0.25) is 0 Å². The van der Waals surface area contributed by atoms with Gasteiger partial charge in [-0.25, -0.2) is 4.68 Å². The minimum absolute atomic E-state index is 0.605. The fourth-order valence-corrected chi connectivity index (χ4v) is 2.50. The molecule has 0 amide bonds. The third-order valence-electron chi connectivity index (χ3n) is 2.69. The average molecular weight is 366 g/mol. The van der Waals surface area contributed by atoms with E-state index < -0.39 is 0 Å². The Morgan fingerprint density at radius 3 is 2.68 bits per heavy atom. The van der Waals surface area contributed by atoms with E-state index in [0.717, 1.165) is 15.0 Å². The van der Waals surface area contributed by atoms with Crippen molar-refractivity contribution in [2.75, 3.05) is 0 Å². The maximum atomic E-state index is 4.39. The fraction of sp³-hybridized carbons (Fsp3) is 0.167. The Morgan fingerprint density at radius 1 is 1.21 bits per heavy atom. The molecule has 0 atom stereocenters. The molecule has 0 aliphatic heterocycles. The number of halogens is 1. The number of para-hydroxylation sites is 1. The fourth-order valence-electron chi connectivity index (χ4n) is 1.72. The Hall–Kier alpha value is -1.77. The lowest BCUT2D eigenvalue weighted by molar-refractivity contribution is 0.552. The lowest BCUT2D eigenvalue weighted by Gasteiger charge is -2.02. The molecule has 0 N–H and O–H groups in total. The summed E-state index contributed by atoms with van der Waals surface area (Å²) in [6.07, 6.45) is 1.77. The maximum Gasteiger partial charge on any atom is 0.209 e. The molecule has 0 saturated heterocycles. The number of aromatic nitrogens is 6. The Kier molecular flexibility index (Phi) is 3.28. The summed E-state index contributed by atoms with van der Waals surface area (Å²) in [5.74, 6) is 0.605. The van der Waals surface area contributed by atoms with E-state index in [1.54, 1.807) is 11.0 Å². The van der Waals surface area contributed by atoms with E-state index in [4.69, 9.17) is 0 Å². The van der Waals surface area contributed by atoms with Crippen LogP contribution >= 0.6 is 22.6 Å². The predicted octanol–water partition coefficient (Wildman–Crippen LogP) is 2.15. The molecule has 3 rings (SSSR count). The Balaban J connectivity index is 2.04. The highest BCUT2D eigenvalue weighted by Crippen LogP contribution is 2.23. The molecule has 3 aromatic rings. The second kappa shape index (κ2) is 5.08. The molecule has 0 fully saturated rings. The lowest BCUT2D eigenvalue weighted by Crippen LogP contribution is -1.99. The molecule has 0 unspecified atom stereocenters. The van der Waals surface area contributed by atoms with Crippen molar-refractivity contribution in [2.24, 2.45) is 0 Å². The van der Waals surface area contributed by atoms with Gasteiger partial charge in [-0.05, 0) is 46.9 Å². The second-order valence-electron chi connectivity index (χ2n) is 3.90. The van der Waals surface area contributed by atoms with Crippen LogP contribution in [0, 0.1) is 3.70 Å². The third kappa shape index (κ3) is 2.25. The van der Waals surface area contributed by atoms with Crippen molar-refractivity contribution in [1.82, 2.24) is 30.0 Å². The first-order valence-electron chi connectivity index (χ1n) is 5.86. The Morgan fingerprint density at radius 2 is 2.00 bits per heavy atom. The summed E-state index contributed by atoms with van der Waals surface area (Å²) in [4.78, 5) is 1.56. The molecule has 0 spiro atoms. The van der Waals surface area contributed by atoms with Gasteiger partial charge in [0.15, 0.2) is 0 Å². The zero-order valence-electron chi connectivity index (χ0n) is 10.2. The first-order valence-corrected chi connectivity index (χ1v) is 6.94. The quantitative estimate of drug-likeness (QED) is 0.667. The van der Waals surface area contributed by atoms with Crippen molar-refractivity contribution < 1.29 is 0 Å². The van der Waals surface area contributed by atoms with Gasteiger partial charge >= 0.3 is 0 Å². The highest BCUT2D eigenvalue weighted by atomic mass is 127. The van der Waals surface area contributed by atoms with E-state index in [0.29, 0.717) is 12.4 Å². The van der Waals surface area contributed by atoms with Gasteiger partial charge in [0, 0.05) is 0 Å². The zero-order valence-corrected chi connectivity index (χ0v) is 12.4. The molecule has 7 heteroatoms. The van der Waals surface area contributed by atoms with Crippen molar-refractivity contribution in [1.29, 1.82) is 0 Å². The summed E-state index contributed by atoms with van der Waals surface area (Å²) in [5, 5.41) is 16.7. The van der Waals surface area contributed by atoms with Crippen LogP contribution in [0.5, 0.6) is 0 Å². The summed E-state index contributed by atoms with van der Waals surface area (Å²) in [7, 11) is 0. The normalized spacial score (nSPS) is 10.8. The number of hydrogen-bond donors (Lipinski definition) is 0. The van der Waals surface area contributed by atoms with Gasteiger partial charge < -0.3 is 0 Å². The molecular weight excluding hydrogens is 355 g/mol. The van der Waals surface area contributed by atoms with Gasteiger partial charge in [0.05, 0.1) is 24.0 Å².